The van der Waals surface area contributed by atoms with Gasteiger partial charge in [0.2, 0.25) is 0 Å². The predicted molar refractivity (Wildman–Crippen MR) is 87.6 cm³/mol. The Morgan fingerprint density at radius 3 is 2.45 bits per heavy atom. The largest absolute Gasteiger partial charge is 0.497 e. The number of methoxy groups -OCH3 is 2. The van der Waals surface area contributed by atoms with E-state index < -0.39 is 0 Å². The van der Waals surface area contributed by atoms with Crippen LogP contribution in [0, 0.1) is 13.8 Å². The number of rotatable bonds is 3. The Kier molecular flexibility index (Phi) is 3.41. The third-order valence-electron chi connectivity index (χ3n) is 3.96. The van der Waals surface area contributed by atoms with Crippen molar-refractivity contribution >= 4 is 11.3 Å². The van der Waals surface area contributed by atoms with Crippen molar-refractivity contribution in [2.75, 3.05) is 20.0 Å². The number of anilines is 1. The maximum atomic E-state index is 6.01. The van der Waals surface area contributed by atoms with Gasteiger partial charge in [0.15, 0.2) is 0 Å². The zero-order chi connectivity index (χ0) is 15.9. The summed E-state index contributed by atoms with van der Waals surface area (Å²) in [5.74, 6) is 1.53. The van der Waals surface area contributed by atoms with E-state index in [0.29, 0.717) is 0 Å². The van der Waals surface area contributed by atoms with Gasteiger partial charge in [0.05, 0.1) is 25.6 Å². The smallest absolute Gasteiger partial charge is 0.138 e. The number of nitrogens with two attached hydrogens (primary N) is 1. The maximum absolute atomic E-state index is 6.01. The fraction of sp³-hybridized carbons (Fsp3) is 0.235. The van der Waals surface area contributed by atoms with Crippen molar-refractivity contribution in [1.82, 2.24) is 9.38 Å². The maximum Gasteiger partial charge on any atom is 0.138 e. The van der Waals surface area contributed by atoms with E-state index >= 15 is 0 Å². The molecule has 5 heteroatoms. The Labute approximate surface area is 129 Å². The number of pyridine rings is 1. The number of benzene rings is 1. The van der Waals surface area contributed by atoms with Crippen LogP contribution in [0.2, 0.25) is 0 Å². The lowest BCUT2D eigenvalue weighted by Crippen LogP contribution is -1.99. The van der Waals surface area contributed by atoms with Crippen LogP contribution in [0.1, 0.15) is 11.4 Å². The second-order valence-corrected chi connectivity index (χ2v) is 5.18. The lowest BCUT2D eigenvalue weighted by atomic mass is 10.1. The molecule has 0 bridgehead atoms. The van der Waals surface area contributed by atoms with Gasteiger partial charge in [-0.3, -0.25) is 4.40 Å². The molecule has 0 aliphatic rings. The van der Waals surface area contributed by atoms with E-state index in [2.05, 4.69) is 4.40 Å². The van der Waals surface area contributed by atoms with Crippen molar-refractivity contribution in [1.29, 1.82) is 0 Å². The zero-order valence-corrected chi connectivity index (χ0v) is 13.2. The van der Waals surface area contributed by atoms with Crippen LogP contribution in [-0.4, -0.2) is 23.6 Å². The van der Waals surface area contributed by atoms with Gasteiger partial charge in [-0.2, -0.15) is 0 Å². The van der Waals surface area contributed by atoms with Crippen LogP contribution in [0.25, 0.3) is 16.9 Å². The Morgan fingerprint density at radius 2 is 1.77 bits per heavy atom. The number of nitrogens with zero attached hydrogens (tertiary/aromatic N) is 2. The minimum Gasteiger partial charge on any atom is -0.497 e. The van der Waals surface area contributed by atoms with Gasteiger partial charge in [0.1, 0.15) is 17.1 Å². The molecule has 1 aromatic carbocycles. The first-order chi connectivity index (χ1) is 10.6. The highest BCUT2D eigenvalue weighted by atomic mass is 16.5. The summed E-state index contributed by atoms with van der Waals surface area (Å²) in [7, 11) is 3.30. The molecule has 0 unspecified atom stereocenters. The number of aryl methyl sites for hydroxylation is 2. The van der Waals surface area contributed by atoms with E-state index in [1.807, 2.05) is 44.2 Å². The van der Waals surface area contributed by atoms with Crippen LogP contribution >= 0.6 is 0 Å². The highest BCUT2D eigenvalue weighted by Crippen LogP contribution is 2.35. The first kappa shape index (κ1) is 14.3. The molecular weight excluding hydrogens is 278 g/mol. The summed E-state index contributed by atoms with van der Waals surface area (Å²) >= 11 is 0. The zero-order valence-electron chi connectivity index (χ0n) is 13.2. The summed E-state index contributed by atoms with van der Waals surface area (Å²) in [6.07, 6.45) is 0. The SMILES string of the molecule is COc1ccc(OC)c(-c2nc3ccc(N)c(C)n3c2C)c1. The molecule has 0 atom stereocenters. The van der Waals surface area contributed by atoms with E-state index in [1.54, 1.807) is 14.2 Å². The topological polar surface area (TPSA) is 61.8 Å². The van der Waals surface area contributed by atoms with Gasteiger partial charge in [0.25, 0.3) is 0 Å². The molecular formula is C17H19N3O2. The van der Waals surface area contributed by atoms with Crippen molar-refractivity contribution in [3.63, 3.8) is 0 Å². The third kappa shape index (κ3) is 2.06. The van der Waals surface area contributed by atoms with Crippen molar-refractivity contribution in [3.8, 4) is 22.8 Å². The number of ether oxygens (including phenoxy) is 2. The Hall–Kier alpha value is -2.69. The summed E-state index contributed by atoms with van der Waals surface area (Å²) in [6.45, 7) is 4.02. The van der Waals surface area contributed by atoms with Crippen molar-refractivity contribution in [2.24, 2.45) is 0 Å². The lowest BCUT2D eigenvalue weighted by molar-refractivity contribution is 0.404. The monoisotopic (exact) mass is 297 g/mol. The van der Waals surface area contributed by atoms with Crippen LogP contribution < -0.4 is 15.2 Å². The standard InChI is InChI=1S/C17H19N3O2/c1-10-14(18)6-8-16-19-17(11(2)20(10)16)13-9-12(21-3)5-7-15(13)22-4/h5-9H,18H2,1-4H3. The van der Waals surface area contributed by atoms with E-state index in [-0.39, 0.29) is 0 Å². The number of fused-ring (bicyclic) bond motifs is 1. The van der Waals surface area contributed by atoms with Crippen LogP contribution in [0.3, 0.4) is 0 Å². The number of nitrogen functional groups attached to an aromatic ring is 1. The molecule has 3 aromatic rings. The van der Waals surface area contributed by atoms with E-state index in [0.717, 1.165) is 45.5 Å². The summed E-state index contributed by atoms with van der Waals surface area (Å²) in [4.78, 5) is 4.74. The summed E-state index contributed by atoms with van der Waals surface area (Å²) in [5, 5.41) is 0. The Balaban J connectivity index is 2.31. The van der Waals surface area contributed by atoms with Crippen LogP contribution in [0.4, 0.5) is 5.69 Å². The molecule has 0 saturated carbocycles. The molecule has 2 aromatic heterocycles. The molecule has 0 aliphatic heterocycles. The number of imidazole rings is 1. The lowest BCUT2D eigenvalue weighted by Gasteiger charge is -2.10. The summed E-state index contributed by atoms with van der Waals surface area (Å²) in [6, 6.07) is 9.50. The van der Waals surface area contributed by atoms with E-state index in [9.17, 15) is 0 Å². The van der Waals surface area contributed by atoms with Crippen LogP contribution in [0.5, 0.6) is 11.5 Å². The van der Waals surface area contributed by atoms with Crippen molar-refractivity contribution in [2.45, 2.75) is 13.8 Å². The molecule has 3 rings (SSSR count). The average Bonchev–Trinajstić information content (AvgIpc) is 2.87. The second-order valence-electron chi connectivity index (χ2n) is 5.18. The van der Waals surface area contributed by atoms with Gasteiger partial charge >= 0.3 is 0 Å². The van der Waals surface area contributed by atoms with Crippen LogP contribution in [-0.2, 0) is 0 Å². The quantitative estimate of drug-likeness (QED) is 0.806. The minimum absolute atomic E-state index is 0.747. The molecule has 0 spiro atoms. The van der Waals surface area contributed by atoms with Gasteiger partial charge in [-0.1, -0.05) is 0 Å². The Bertz CT molecular complexity index is 853. The van der Waals surface area contributed by atoms with Gasteiger partial charge in [-0.15, -0.1) is 0 Å². The number of aromatic nitrogens is 2. The number of hydrogen-bond acceptors (Lipinski definition) is 4. The highest BCUT2D eigenvalue weighted by Gasteiger charge is 2.17. The average molecular weight is 297 g/mol. The minimum atomic E-state index is 0.747. The van der Waals surface area contributed by atoms with Gasteiger partial charge < -0.3 is 15.2 Å². The predicted octanol–water partition coefficient (Wildman–Crippen LogP) is 3.22. The van der Waals surface area contributed by atoms with Gasteiger partial charge in [-0.25, -0.2) is 4.98 Å². The molecule has 2 heterocycles. The third-order valence-corrected chi connectivity index (χ3v) is 3.96. The van der Waals surface area contributed by atoms with E-state index in [1.165, 1.54) is 0 Å². The fourth-order valence-electron chi connectivity index (χ4n) is 2.73. The molecule has 0 radical (unpaired) electrons. The highest BCUT2D eigenvalue weighted by molar-refractivity contribution is 5.74. The van der Waals surface area contributed by atoms with Crippen molar-refractivity contribution < 1.29 is 9.47 Å². The summed E-state index contributed by atoms with van der Waals surface area (Å²) in [5.41, 5.74) is 11.4. The summed E-state index contributed by atoms with van der Waals surface area (Å²) < 4.78 is 12.9. The number of hydrogen-bond donors (Lipinski definition) is 1. The molecule has 5 nitrogen and oxygen atoms in total. The normalized spacial score (nSPS) is 10.9. The van der Waals surface area contributed by atoms with Crippen molar-refractivity contribution in [3.05, 3.63) is 41.7 Å². The molecule has 22 heavy (non-hydrogen) atoms. The Morgan fingerprint density at radius 1 is 1.00 bits per heavy atom. The molecule has 2 N–H and O–H groups in total. The van der Waals surface area contributed by atoms with E-state index in [4.69, 9.17) is 20.2 Å². The molecule has 0 amide bonds. The molecule has 0 aliphatic carbocycles. The molecule has 0 fully saturated rings. The van der Waals surface area contributed by atoms with Gasteiger partial charge in [-0.05, 0) is 44.2 Å². The van der Waals surface area contributed by atoms with Gasteiger partial charge in [0, 0.05) is 17.0 Å². The molecule has 114 valence electrons. The first-order valence-electron chi connectivity index (χ1n) is 7.03. The molecule has 0 saturated heterocycles. The van der Waals surface area contributed by atoms with Crippen LogP contribution in [0.15, 0.2) is 30.3 Å². The second kappa shape index (κ2) is 5.26. The first-order valence-corrected chi connectivity index (χ1v) is 7.03. The fourth-order valence-corrected chi connectivity index (χ4v) is 2.73.